The second-order valence-electron chi connectivity index (χ2n) is 5.55. The molecule has 6 heteroatoms. The average Bonchev–Trinajstić information content (AvgIpc) is 2.47. The molecule has 0 bridgehead atoms. The number of carboxylic acids is 1. The average molecular weight is 311 g/mol. The highest BCUT2D eigenvalue weighted by atomic mass is 35.5. The summed E-state index contributed by atoms with van der Waals surface area (Å²) in [5.41, 5.74) is -1.05. The quantitative estimate of drug-likeness (QED) is 0.896. The van der Waals surface area contributed by atoms with E-state index >= 15 is 0 Å². The van der Waals surface area contributed by atoms with Crippen LogP contribution in [0.4, 0.5) is 0 Å². The lowest BCUT2D eigenvalue weighted by Gasteiger charge is -2.37. The van der Waals surface area contributed by atoms with Crippen LogP contribution < -0.4 is 5.32 Å². The molecule has 1 saturated carbocycles. The van der Waals surface area contributed by atoms with E-state index in [0.717, 1.165) is 19.3 Å². The second-order valence-corrected chi connectivity index (χ2v) is 5.99. The summed E-state index contributed by atoms with van der Waals surface area (Å²) < 4.78 is 0. The van der Waals surface area contributed by atoms with Gasteiger partial charge in [0.25, 0.3) is 5.91 Å². The lowest BCUT2D eigenvalue weighted by atomic mass is 9.75. The van der Waals surface area contributed by atoms with Gasteiger partial charge in [-0.05, 0) is 43.7 Å². The molecule has 1 aliphatic carbocycles. The van der Waals surface area contributed by atoms with Gasteiger partial charge in [0.2, 0.25) is 0 Å². The minimum atomic E-state index is -1.19. The molecule has 1 aliphatic rings. The van der Waals surface area contributed by atoms with Gasteiger partial charge >= 0.3 is 5.97 Å². The molecule has 1 aromatic rings. The Morgan fingerprint density at radius 1 is 1.48 bits per heavy atom. The summed E-state index contributed by atoms with van der Waals surface area (Å²) in [5.74, 6) is -0.930. The van der Waals surface area contributed by atoms with Gasteiger partial charge < -0.3 is 10.4 Å². The molecule has 1 fully saturated rings. The Bertz CT molecular complexity index is 539. The monoisotopic (exact) mass is 310 g/mol. The highest BCUT2D eigenvalue weighted by Gasteiger charge is 2.43. The van der Waals surface area contributed by atoms with E-state index in [1.54, 1.807) is 6.07 Å². The number of nitrogens with zero attached hydrogens (tertiary/aromatic N) is 1. The fourth-order valence-corrected chi connectivity index (χ4v) is 2.94. The number of rotatable bonds is 4. The number of hydrogen-bond donors (Lipinski definition) is 2. The molecule has 1 amide bonds. The number of carbonyl (C=O) groups is 2. The largest absolute Gasteiger partial charge is 0.480 e. The van der Waals surface area contributed by atoms with Crippen LogP contribution in [0.2, 0.25) is 5.02 Å². The van der Waals surface area contributed by atoms with Gasteiger partial charge in [-0.25, -0.2) is 4.79 Å². The van der Waals surface area contributed by atoms with Crippen molar-refractivity contribution < 1.29 is 14.7 Å². The van der Waals surface area contributed by atoms with Crippen LogP contribution in [-0.4, -0.2) is 27.5 Å². The molecule has 5 nitrogen and oxygen atoms in total. The first-order valence-corrected chi connectivity index (χ1v) is 7.52. The van der Waals surface area contributed by atoms with Gasteiger partial charge in [-0.2, -0.15) is 0 Å². The molecule has 114 valence electrons. The summed E-state index contributed by atoms with van der Waals surface area (Å²) >= 11 is 5.83. The van der Waals surface area contributed by atoms with E-state index < -0.39 is 17.4 Å². The fraction of sp³-hybridized carbons (Fsp3) is 0.533. The molecule has 0 radical (unpaired) electrons. The Morgan fingerprint density at radius 2 is 2.14 bits per heavy atom. The van der Waals surface area contributed by atoms with Crippen LogP contribution in [0.25, 0.3) is 0 Å². The van der Waals surface area contributed by atoms with E-state index in [1.807, 2.05) is 0 Å². The number of carbonyl (C=O) groups excluding carboxylic acids is 1. The van der Waals surface area contributed by atoms with Crippen LogP contribution >= 0.6 is 11.6 Å². The van der Waals surface area contributed by atoms with Crippen LogP contribution in [0.15, 0.2) is 18.3 Å². The van der Waals surface area contributed by atoms with Crippen LogP contribution in [0.3, 0.4) is 0 Å². The molecular formula is C15H19ClN2O3. The Labute approximate surface area is 128 Å². The predicted molar refractivity (Wildman–Crippen MR) is 79.3 cm³/mol. The molecule has 1 heterocycles. The number of hydrogen-bond acceptors (Lipinski definition) is 3. The van der Waals surface area contributed by atoms with E-state index in [4.69, 9.17) is 11.6 Å². The summed E-state index contributed by atoms with van der Waals surface area (Å²) in [4.78, 5) is 27.8. The second kappa shape index (κ2) is 6.43. The minimum absolute atomic E-state index is 0.140. The summed E-state index contributed by atoms with van der Waals surface area (Å²) in [6.07, 6.45) is 5.00. The SMILES string of the molecule is CCC1CCC(NC(=O)c2cc(Cl)ccn2)(C(=O)O)CC1. The Morgan fingerprint density at radius 3 is 2.67 bits per heavy atom. The molecule has 0 aliphatic heterocycles. The zero-order valence-corrected chi connectivity index (χ0v) is 12.7. The Kier molecular flexibility index (Phi) is 4.83. The van der Waals surface area contributed by atoms with E-state index in [9.17, 15) is 14.7 Å². The highest BCUT2D eigenvalue weighted by Crippen LogP contribution is 2.34. The van der Waals surface area contributed by atoms with Crippen molar-refractivity contribution >= 4 is 23.5 Å². The number of amides is 1. The number of aliphatic carboxylic acids is 1. The number of aromatic nitrogens is 1. The summed E-state index contributed by atoms with van der Waals surface area (Å²) in [7, 11) is 0. The minimum Gasteiger partial charge on any atom is -0.480 e. The smallest absolute Gasteiger partial charge is 0.329 e. The van der Waals surface area contributed by atoms with Crippen LogP contribution in [0, 0.1) is 5.92 Å². The molecule has 0 unspecified atom stereocenters. The van der Waals surface area contributed by atoms with Crippen LogP contribution in [0.5, 0.6) is 0 Å². The first kappa shape index (κ1) is 15.8. The molecule has 0 saturated heterocycles. The Hall–Kier alpha value is -1.62. The maximum atomic E-state index is 12.2. The van der Waals surface area contributed by atoms with Crippen LogP contribution in [0.1, 0.15) is 49.5 Å². The summed E-state index contributed by atoms with van der Waals surface area (Å²) in [5, 5.41) is 12.6. The molecule has 21 heavy (non-hydrogen) atoms. The van der Waals surface area contributed by atoms with Gasteiger partial charge in [0.15, 0.2) is 0 Å². The van der Waals surface area contributed by atoms with Crippen molar-refractivity contribution in [1.82, 2.24) is 10.3 Å². The van der Waals surface area contributed by atoms with Crippen molar-refractivity contribution in [2.24, 2.45) is 5.92 Å². The van der Waals surface area contributed by atoms with Crippen molar-refractivity contribution in [1.29, 1.82) is 0 Å². The van der Waals surface area contributed by atoms with Gasteiger partial charge in [-0.3, -0.25) is 9.78 Å². The van der Waals surface area contributed by atoms with E-state index in [0.29, 0.717) is 23.8 Å². The first-order valence-electron chi connectivity index (χ1n) is 7.14. The van der Waals surface area contributed by atoms with Crippen molar-refractivity contribution in [2.75, 3.05) is 0 Å². The summed E-state index contributed by atoms with van der Waals surface area (Å²) in [6.45, 7) is 2.10. The van der Waals surface area contributed by atoms with Gasteiger partial charge in [-0.1, -0.05) is 24.9 Å². The predicted octanol–water partition coefficient (Wildman–Crippen LogP) is 2.89. The molecule has 1 aromatic heterocycles. The third-order valence-corrected chi connectivity index (χ3v) is 4.49. The van der Waals surface area contributed by atoms with Gasteiger partial charge in [0.1, 0.15) is 11.2 Å². The fourth-order valence-electron chi connectivity index (χ4n) is 2.78. The van der Waals surface area contributed by atoms with Crippen molar-refractivity contribution in [3.8, 4) is 0 Å². The van der Waals surface area contributed by atoms with Gasteiger partial charge in [-0.15, -0.1) is 0 Å². The van der Waals surface area contributed by atoms with Crippen molar-refractivity contribution in [2.45, 2.75) is 44.6 Å². The third kappa shape index (κ3) is 3.53. The molecular weight excluding hydrogens is 292 g/mol. The maximum absolute atomic E-state index is 12.2. The van der Waals surface area contributed by atoms with Gasteiger partial charge in [0.05, 0.1) is 0 Å². The maximum Gasteiger partial charge on any atom is 0.329 e. The van der Waals surface area contributed by atoms with Crippen molar-refractivity contribution in [3.05, 3.63) is 29.0 Å². The molecule has 2 rings (SSSR count). The highest BCUT2D eigenvalue weighted by molar-refractivity contribution is 6.30. The standard InChI is InChI=1S/C15H19ClN2O3/c1-2-10-3-6-15(7-4-10,14(20)21)18-13(19)12-9-11(16)5-8-17-12/h5,8-10H,2-4,6-7H2,1H3,(H,18,19)(H,20,21). The summed E-state index contributed by atoms with van der Waals surface area (Å²) in [6, 6.07) is 3.00. The van der Waals surface area contributed by atoms with E-state index in [-0.39, 0.29) is 5.69 Å². The lowest BCUT2D eigenvalue weighted by Crippen LogP contribution is -2.56. The Balaban J connectivity index is 2.14. The number of carboxylic acid groups (broad SMARTS) is 1. The van der Waals surface area contributed by atoms with Crippen molar-refractivity contribution in [3.63, 3.8) is 0 Å². The van der Waals surface area contributed by atoms with E-state index in [2.05, 4.69) is 17.2 Å². The van der Waals surface area contributed by atoms with E-state index in [1.165, 1.54) is 12.3 Å². The zero-order valence-electron chi connectivity index (χ0n) is 11.9. The van der Waals surface area contributed by atoms with Crippen LogP contribution in [-0.2, 0) is 4.79 Å². The topological polar surface area (TPSA) is 79.3 Å². The third-order valence-electron chi connectivity index (χ3n) is 4.25. The van der Waals surface area contributed by atoms with Gasteiger partial charge in [0, 0.05) is 11.2 Å². The number of pyridine rings is 1. The zero-order chi connectivity index (χ0) is 15.5. The normalized spacial score (nSPS) is 25.3. The molecule has 0 aromatic carbocycles. The number of halogens is 1. The lowest BCUT2D eigenvalue weighted by molar-refractivity contribution is -0.146. The first-order chi connectivity index (χ1) is 9.97. The number of nitrogens with one attached hydrogen (secondary N) is 1. The molecule has 2 N–H and O–H groups in total. The molecule has 0 atom stereocenters. The molecule has 0 spiro atoms.